The van der Waals surface area contributed by atoms with Gasteiger partial charge in [0, 0.05) is 59.8 Å². The first-order chi connectivity index (χ1) is 26.3. The van der Waals surface area contributed by atoms with E-state index in [1.165, 1.54) is 81.2 Å². The second-order valence-electron chi connectivity index (χ2n) is 14.1. The van der Waals surface area contributed by atoms with Crippen molar-refractivity contribution in [2.24, 2.45) is 0 Å². The van der Waals surface area contributed by atoms with Crippen LogP contribution in [0.15, 0.2) is 192 Å². The molecule has 4 heterocycles. The molecule has 10 aromatic rings. The van der Waals surface area contributed by atoms with Gasteiger partial charge in [-0.1, -0.05) is 126 Å². The number of nitrogens with zero attached hydrogens (tertiary/aromatic N) is 3. The van der Waals surface area contributed by atoms with E-state index in [0.29, 0.717) is 0 Å². The Morgan fingerprint density at radius 3 is 1.77 bits per heavy atom. The highest BCUT2D eigenvalue weighted by Crippen LogP contribution is 2.45. The van der Waals surface area contributed by atoms with Crippen molar-refractivity contribution in [1.82, 2.24) is 9.13 Å². The molecule has 5 heteroatoms. The van der Waals surface area contributed by atoms with E-state index in [1.807, 2.05) is 11.8 Å². The maximum atomic E-state index is 2.59. The summed E-state index contributed by atoms with van der Waals surface area (Å²) in [4.78, 5) is 5.03. The zero-order valence-electron chi connectivity index (χ0n) is 28.6. The van der Waals surface area contributed by atoms with E-state index in [4.69, 9.17) is 0 Å². The van der Waals surface area contributed by atoms with E-state index in [0.717, 1.165) is 17.1 Å². The third kappa shape index (κ3) is 4.03. The lowest BCUT2D eigenvalue weighted by molar-refractivity contribution is 1.16. The Labute approximate surface area is 311 Å². The van der Waals surface area contributed by atoms with Gasteiger partial charge < -0.3 is 14.0 Å². The molecule has 0 N–H and O–H groups in total. The van der Waals surface area contributed by atoms with Gasteiger partial charge in [0.15, 0.2) is 0 Å². The van der Waals surface area contributed by atoms with Crippen LogP contribution in [0.25, 0.3) is 55.0 Å². The number of anilines is 3. The Morgan fingerprint density at radius 1 is 0.434 bits per heavy atom. The third-order valence-corrected chi connectivity index (χ3v) is 12.5. The number of benzene rings is 8. The number of hydrogen-bond acceptors (Lipinski definition) is 2. The SMILES string of the molecule is c1ccc(N(c2ccccc2)c2cc3c4c(c2)-n2c5ccccc5c5cc6c(c(c52)B4c2ccccc2S3)c2ccccc2n6-c2ccccc2)cc1. The van der Waals surface area contributed by atoms with Crippen molar-refractivity contribution < 1.29 is 0 Å². The van der Waals surface area contributed by atoms with Crippen LogP contribution in [-0.2, 0) is 0 Å². The summed E-state index contributed by atoms with van der Waals surface area (Å²) in [5.74, 6) is 0. The van der Waals surface area contributed by atoms with Gasteiger partial charge >= 0.3 is 0 Å². The molecule has 0 saturated carbocycles. The lowest BCUT2D eigenvalue weighted by Crippen LogP contribution is -2.59. The van der Waals surface area contributed by atoms with Gasteiger partial charge in [-0.25, -0.2) is 0 Å². The molecule has 0 fully saturated rings. The van der Waals surface area contributed by atoms with E-state index < -0.39 is 0 Å². The smallest absolute Gasteiger partial charge is 0.250 e. The first-order valence-electron chi connectivity index (χ1n) is 18.2. The highest BCUT2D eigenvalue weighted by molar-refractivity contribution is 8.00. The van der Waals surface area contributed by atoms with Gasteiger partial charge in [-0.2, -0.15) is 0 Å². The van der Waals surface area contributed by atoms with E-state index in [9.17, 15) is 0 Å². The van der Waals surface area contributed by atoms with Gasteiger partial charge in [-0.15, -0.1) is 0 Å². The molecule has 2 aromatic heterocycles. The molecule has 0 saturated heterocycles. The summed E-state index contributed by atoms with van der Waals surface area (Å²) in [6, 6.07) is 66.9. The maximum Gasteiger partial charge on any atom is 0.250 e. The van der Waals surface area contributed by atoms with Crippen LogP contribution in [0.4, 0.5) is 17.1 Å². The largest absolute Gasteiger partial charge is 0.310 e. The average Bonchev–Trinajstić information content (AvgIpc) is 3.73. The van der Waals surface area contributed by atoms with Crippen LogP contribution in [0.2, 0.25) is 0 Å². The number of para-hydroxylation sites is 5. The lowest BCUT2D eigenvalue weighted by Gasteiger charge is -2.35. The van der Waals surface area contributed by atoms with Crippen molar-refractivity contribution in [3.8, 4) is 11.4 Å². The zero-order valence-corrected chi connectivity index (χ0v) is 29.5. The number of rotatable bonds is 4. The molecule has 0 unspecified atom stereocenters. The Bertz CT molecular complexity index is 3050. The van der Waals surface area contributed by atoms with Crippen LogP contribution in [0.3, 0.4) is 0 Å². The maximum absolute atomic E-state index is 2.59. The molecular formula is C48H30BN3S. The quantitative estimate of drug-likeness (QED) is 0.171. The molecule has 2 aliphatic heterocycles. The molecule has 0 amide bonds. The first-order valence-corrected chi connectivity index (χ1v) is 19.0. The predicted octanol–water partition coefficient (Wildman–Crippen LogP) is 10.6. The average molecular weight is 692 g/mol. The van der Waals surface area contributed by atoms with Crippen molar-refractivity contribution in [3.05, 3.63) is 182 Å². The Balaban J connectivity index is 1.28. The van der Waals surface area contributed by atoms with E-state index in [2.05, 4.69) is 196 Å². The summed E-state index contributed by atoms with van der Waals surface area (Å²) < 4.78 is 5.07. The second-order valence-corrected chi connectivity index (χ2v) is 15.2. The predicted molar refractivity (Wildman–Crippen MR) is 225 cm³/mol. The summed E-state index contributed by atoms with van der Waals surface area (Å²) >= 11 is 1.91. The van der Waals surface area contributed by atoms with Crippen LogP contribution in [0.5, 0.6) is 0 Å². The molecule has 2 aliphatic rings. The van der Waals surface area contributed by atoms with E-state index in [1.54, 1.807) is 0 Å². The van der Waals surface area contributed by atoms with E-state index >= 15 is 0 Å². The van der Waals surface area contributed by atoms with Crippen LogP contribution in [-0.4, -0.2) is 15.8 Å². The molecule has 12 rings (SSSR count). The van der Waals surface area contributed by atoms with Crippen LogP contribution < -0.4 is 21.3 Å². The normalized spacial score (nSPS) is 12.8. The molecule has 53 heavy (non-hydrogen) atoms. The summed E-state index contributed by atoms with van der Waals surface area (Å²) in [5, 5.41) is 5.19. The fraction of sp³-hybridized carbons (Fsp3) is 0. The van der Waals surface area contributed by atoms with Crippen molar-refractivity contribution in [2.75, 3.05) is 4.90 Å². The van der Waals surface area contributed by atoms with Gasteiger partial charge in [-0.3, -0.25) is 0 Å². The van der Waals surface area contributed by atoms with Crippen molar-refractivity contribution in [1.29, 1.82) is 0 Å². The molecule has 8 aromatic carbocycles. The highest BCUT2D eigenvalue weighted by atomic mass is 32.2. The lowest BCUT2D eigenvalue weighted by atomic mass is 9.34. The fourth-order valence-corrected chi connectivity index (χ4v) is 10.5. The molecule has 0 radical (unpaired) electrons. The minimum atomic E-state index is 0.0615. The summed E-state index contributed by atoms with van der Waals surface area (Å²) in [7, 11) is 0. The molecule has 0 bridgehead atoms. The second kappa shape index (κ2) is 11.0. The number of hydrogen-bond donors (Lipinski definition) is 0. The first kappa shape index (κ1) is 29.2. The minimum absolute atomic E-state index is 0.0615. The molecule has 246 valence electrons. The van der Waals surface area contributed by atoms with Crippen LogP contribution >= 0.6 is 11.8 Å². The van der Waals surface area contributed by atoms with Crippen molar-refractivity contribution in [2.45, 2.75) is 9.79 Å². The van der Waals surface area contributed by atoms with Crippen molar-refractivity contribution in [3.63, 3.8) is 0 Å². The Morgan fingerprint density at radius 2 is 1.04 bits per heavy atom. The molecule has 0 spiro atoms. The highest BCUT2D eigenvalue weighted by Gasteiger charge is 2.42. The summed E-state index contributed by atoms with van der Waals surface area (Å²) in [6.45, 7) is 0.0615. The Hall–Kier alpha value is -6.43. The van der Waals surface area contributed by atoms with Gasteiger partial charge in [0.25, 0.3) is 6.71 Å². The van der Waals surface area contributed by atoms with Gasteiger partial charge in [-0.05, 0) is 83.7 Å². The Kier molecular flexibility index (Phi) is 6.08. The fourth-order valence-electron chi connectivity index (χ4n) is 9.27. The summed E-state index contributed by atoms with van der Waals surface area (Å²) in [5.41, 5.74) is 15.0. The van der Waals surface area contributed by atoms with Crippen LogP contribution in [0, 0.1) is 0 Å². The topological polar surface area (TPSA) is 13.1 Å². The molecular weight excluding hydrogens is 661 g/mol. The number of aromatic nitrogens is 2. The third-order valence-electron chi connectivity index (χ3n) is 11.3. The zero-order chi connectivity index (χ0) is 34.6. The minimum Gasteiger partial charge on any atom is -0.310 e. The molecule has 0 aliphatic carbocycles. The standard InChI is InChI=1S/C48H30BN3S/c1-4-16-31(17-5-1)50(32-18-6-2-7-19-32)34-28-42-46-44(29-34)53-43-27-15-12-24-38(43)49(46)47-45-36-23-11-14-26-40(36)51(33-20-8-3-9-21-33)41(45)30-37-35-22-10-13-25-39(35)52(42)48(37)47/h1-30H. The van der Waals surface area contributed by atoms with Gasteiger partial charge in [0.2, 0.25) is 0 Å². The molecule has 0 atom stereocenters. The monoisotopic (exact) mass is 691 g/mol. The molecule has 3 nitrogen and oxygen atoms in total. The van der Waals surface area contributed by atoms with E-state index in [-0.39, 0.29) is 6.71 Å². The van der Waals surface area contributed by atoms with Gasteiger partial charge in [0.1, 0.15) is 0 Å². The van der Waals surface area contributed by atoms with Gasteiger partial charge in [0.05, 0.1) is 22.1 Å². The van der Waals surface area contributed by atoms with Crippen LogP contribution in [0.1, 0.15) is 0 Å². The van der Waals surface area contributed by atoms with Crippen molar-refractivity contribution >= 4 is 95.5 Å². The summed E-state index contributed by atoms with van der Waals surface area (Å²) in [6.07, 6.45) is 0. The number of fused-ring (bicyclic) bond motifs is 11.